The Labute approximate surface area is 126 Å². The summed E-state index contributed by atoms with van der Waals surface area (Å²) >= 11 is 9.49. The van der Waals surface area contributed by atoms with Gasteiger partial charge in [0.15, 0.2) is 0 Å². The Bertz CT molecular complexity index is 574. The van der Waals surface area contributed by atoms with Gasteiger partial charge in [-0.1, -0.05) is 39.7 Å². The fourth-order valence-electron chi connectivity index (χ4n) is 1.82. The fraction of sp³-hybridized carbons (Fsp3) is 0.214. The van der Waals surface area contributed by atoms with Crippen molar-refractivity contribution in [1.82, 2.24) is 4.98 Å². The minimum atomic E-state index is 0.345. The lowest BCUT2D eigenvalue weighted by Gasteiger charge is -2.19. The minimum Gasteiger partial charge on any atom is -0.355 e. The Morgan fingerprint density at radius 3 is 2.79 bits per heavy atom. The molecule has 2 rings (SSSR count). The number of benzene rings is 1. The van der Waals surface area contributed by atoms with E-state index in [4.69, 9.17) is 17.3 Å². The molecule has 0 atom stereocenters. The number of nitrogens with two attached hydrogens (primary N) is 1. The van der Waals surface area contributed by atoms with Crippen molar-refractivity contribution in [2.24, 2.45) is 5.73 Å². The molecule has 0 aliphatic rings. The summed E-state index contributed by atoms with van der Waals surface area (Å²) in [7, 11) is 2.00. The molecular weight excluding hydrogens is 326 g/mol. The first kappa shape index (κ1) is 14.3. The van der Waals surface area contributed by atoms with Crippen molar-refractivity contribution in [2.45, 2.75) is 13.1 Å². The Kier molecular flexibility index (Phi) is 4.80. The molecule has 0 unspecified atom stereocenters. The number of halogens is 2. The van der Waals surface area contributed by atoms with Crippen molar-refractivity contribution in [3.05, 3.63) is 57.2 Å². The molecular formula is C14H15BrClN3. The van der Waals surface area contributed by atoms with Gasteiger partial charge in [0.05, 0.1) is 10.7 Å². The van der Waals surface area contributed by atoms with E-state index in [-0.39, 0.29) is 0 Å². The molecule has 1 heterocycles. The summed E-state index contributed by atoms with van der Waals surface area (Å²) < 4.78 is 1.07. The number of hydrogen-bond donors (Lipinski definition) is 1. The maximum atomic E-state index is 6.01. The molecule has 2 N–H and O–H groups in total. The zero-order valence-corrected chi connectivity index (χ0v) is 12.9. The van der Waals surface area contributed by atoms with Gasteiger partial charge >= 0.3 is 0 Å². The molecule has 0 fully saturated rings. The summed E-state index contributed by atoms with van der Waals surface area (Å²) in [6.45, 7) is 1.12. The largest absolute Gasteiger partial charge is 0.355 e. The monoisotopic (exact) mass is 339 g/mol. The van der Waals surface area contributed by atoms with E-state index in [0.717, 1.165) is 22.5 Å². The van der Waals surface area contributed by atoms with Crippen LogP contribution < -0.4 is 10.6 Å². The van der Waals surface area contributed by atoms with Gasteiger partial charge in [0.25, 0.3) is 0 Å². The zero-order chi connectivity index (χ0) is 13.8. The number of pyridine rings is 1. The van der Waals surface area contributed by atoms with Crippen LogP contribution in [0.5, 0.6) is 0 Å². The van der Waals surface area contributed by atoms with Crippen LogP contribution in [-0.4, -0.2) is 12.0 Å². The van der Waals surface area contributed by atoms with E-state index in [0.29, 0.717) is 11.6 Å². The summed E-state index contributed by atoms with van der Waals surface area (Å²) in [5.74, 6) is 0.866. The summed E-state index contributed by atoms with van der Waals surface area (Å²) in [5, 5.41) is 0.613. The van der Waals surface area contributed by atoms with E-state index in [2.05, 4.69) is 37.9 Å². The normalized spacial score (nSPS) is 10.5. The van der Waals surface area contributed by atoms with Crippen LogP contribution in [0.1, 0.15) is 11.3 Å². The highest BCUT2D eigenvalue weighted by atomic mass is 79.9. The molecule has 0 aliphatic carbocycles. The van der Waals surface area contributed by atoms with Crippen LogP contribution in [0.25, 0.3) is 0 Å². The van der Waals surface area contributed by atoms with E-state index >= 15 is 0 Å². The standard InChI is InChI=1S/C14H15BrClN3/c1-19(9-10-3-2-4-11(15)7-10)14-6-5-12(16)13(8-17)18-14/h2-7H,8-9,17H2,1H3. The Balaban J connectivity index is 2.18. The summed E-state index contributed by atoms with van der Waals surface area (Å²) in [4.78, 5) is 6.53. The lowest BCUT2D eigenvalue weighted by molar-refractivity contribution is 0.878. The first-order valence-corrected chi connectivity index (χ1v) is 7.08. The molecule has 0 saturated carbocycles. The number of hydrogen-bond acceptors (Lipinski definition) is 3. The molecule has 0 spiro atoms. The third-order valence-corrected chi connectivity index (χ3v) is 3.63. The number of rotatable bonds is 4. The van der Waals surface area contributed by atoms with Crippen molar-refractivity contribution >= 4 is 33.3 Å². The van der Waals surface area contributed by atoms with Crippen LogP contribution in [0.3, 0.4) is 0 Å². The van der Waals surface area contributed by atoms with Crippen molar-refractivity contribution in [2.75, 3.05) is 11.9 Å². The van der Waals surface area contributed by atoms with Gasteiger partial charge in [0.1, 0.15) is 5.82 Å². The van der Waals surface area contributed by atoms with Crippen molar-refractivity contribution < 1.29 is 0 Å². The summed E-state index contributed by atoms with van der Waals surface area (Å²) in [5.41, 5.74) is 7.55. The van der Waals surface area contributed by atoms with E-state index in [1.165, 1.54) is 5.56 Å². The van der Waals surface area contributed by atoms with Gasteiger partial charge in [0, 0.05) is 24.6 Å². The van der Waals surface area contributed by atoms with Crippen LogP contribution in [0, 0.1) is 0 Å². The zero-order valence-electron chi connectivity index (χ0n) is 10.6. The highest BCUT2D eigenvalue weighted by Gasteiger charge is 2.07. The van der Waals surface area contributed by atoms with Crippen molar-refractivity contribution in [3.8, 4) is 0 Å². The van der Waals surface area contributed by atoms with E-state index in [9.17, 15) is 0 Å². The first-order valence-electron chi connectivity index (χ1n) is 5.91. The first-order chi connectivity index (χ1) is 9.10. The van der Waals surface area contributed by atoms with Crippen molar-refractivity contribution in [1.29, 1.82) is 0 Å². The van der Waals surface area contributed by atoms with Gasteiger partial charge in [-0.15, -0.1) is 0 Å². The quantitative estimate of drug-likeness (QED) is 0.925. The van der Waals surface area contributed by atoms with Crippen LogP contribution in [-0.2, 0) is 13.1 Å². The van der Waals surface area contributed by atoms with E-state index in [1.807, 2.05) is 31.3 Å². The summed E-state index contributed by atoms with van der Waals surface area (Å²) in [6.07, 6.45) is 0. The lowest BCUT2D eigenvalue weighted by Crippen LogP contribution is -2.18. The summed E-state index contributed by atoms with van der Waals surface area (Å²) in [6, 6.07) is 11.9. The second-order valence-electron chi connectivity index (χ2n) is 4.29. The molecule has 100 valence electrons. The molecule has 0 aliphatic heterocycles. The fourth-order valence-corrected chi connectivity index (χ4v) is 2.45. The SMILES string of the molecule is CN(Cc1cccc(Br)c1)c1ccc(Cl)c(CN)n1. The maximum absolute atomic E-state index is 6.01. The molecule has 19 heavy (non-hydrogen) atoms. The minimum absolute atomic E-state index is 0.345. The van der Waals surface area contributed by atoms with Crippen LogP contribution in [0.15, 0.2) is 40.9 Å². The predicted octanol–water partition coefficient (Wildman–Crippen LogP) is 3.59. The Hall–Kier alpha value is -1.10. The second kappa shape index (κ2) is 6.37. The molecule has 1 aromatic carbocycles. The van der Waals surface area contributed by atoms with Crippen LogP contribution >= 0.6 is 27.5 Å². The van der Waals surface area contributed by atoms with Gasteiger partial charge in [-0.3, -0.25) is 0 Å². The average Bonchev–Trinajstić information content (AvgIpc) is 2.39. The Morgan fingerprint density at radius 2 is 2.11 bits per heavy atom. The number of anilines is 1. The van der Waals surface area contributed by atoms with Gasteiger partial charge in [-0.25, -0.2) is 4.98 Å². The molecule has 0 bridgehead atoms. The van der Waals surface area contributed by atoms with Gasteiger partial charge < -0.3 is 10.6 Å². The smallest absolute Gasteiger partial charge is 0.129 e. The highest BCUT2D eigenvalue weighted by molar-refractivity contribution is 9.10. The highest BCUT2D eigenvalue weighted by Crippen LogP contribution is 2.20. The average molecular weight is 341 g/mol. The maximum Gasteiger partial charge on any atom is 0.129 e. The van der Waals surface area contributed by atoms with E-state index in [1.54, 1.807) is 0 Å². The van der Waals surface area contributed by atoms with Crippen LogP contribution in [0.2, 0.25) is 5.02 Å². The van der Waals surface area contributed by atoms with E-state index < -0.39 is 0 Å². The van der Waals surface area contributed by atoms with Crippen molar-refractivity contribution in [3.63, 3.8) is 0 Å². The van der Waals surface area contributed by atoms with Crippen LogP contribution in [0.4, 0.5) is 5.82 Å². The third-order valence-electron chi connectivity index (χ3n) is 2.80. The number of aromatic nitrogens is 1. The Morgan fingerprint density at radius 1 is 1.32 bits per heavy atom. The topological polar surface area (TPSA) is 42.1 Å². The molecule has 3 nitrogen and oxygen atoms in total. The van der Waals surface area contributed by atoms with Gasteiger partial charge in [-0.2, -0.15) is 0 Å². The number of nitrogens with zero attached hydrogens (tertiary/aromatic N) is 2. The third kappa shape index (κ3) is 3.69. The molecule has 0 saturated heterocycles. The second-order valence-corrected chi connectivity index (χ2v) is 5.61. The molecule has 0 amide bonds. The predicted molar refractivity (Wildman–Crippen MR) is 83.4 cm³/mol. The lowest BCUT2D eigenvalue weighted by atomic mass is 10.2. The molecule has 1 aromatic heterocycles. The van der Waals surface area contributed by atoms with Gasteiger partial charge in [-0.05, 0) is 29.8 Å². The molecule has 5 heteroatoms. The van der Waals surface area contributed by atoms with Gasteiger partial charge in [0.2, 0.25) is 0 Å². The molecule has 0 radical (unpaired) electrons. The molecule has 2 aromatic rings.